The average Bonchev–Trinajstić information content (AvgIpc) is 3.39. The molecule has 0 radical (unpaired) electrons. The minimum atomic E-state index is -0.214. The lowest BCUT2D eigenvalue weighted by atomic mass is 9.85. The zero-order valence-electron chi connectivity index (χ0n) is 13.6. The zero-order valence-corrected chi connectivity index (χ0v) is 13.6. The van der Waals surface area contributed by atoms with Crippen LogP contribution in [0.1, 0.15) is 17.8 Å². The first-order chi connectivity index (χ1) is 12.2. The van der Waals surface area contributed by atoms with E-state index in [-0.39, 0.29) is 41.4 Å². The number of nitrogens with zero attached hydrogens (tertiary/aromatic N) is 3. The van der Waals surface area contributed by atoms with Gasteiger partial charge in [0.1, 0.15) is 5.82 Å². The quantitative estimate of drug-likeness (QED) is 0.684. The molecule has 2 aromatic rings. The molecule has 2 heterocycles. The molecule has 2 fully saturated rings. The Kier molecular flexibility index (Phi) is 3.13. The molecule has 2 aliphatic carbocycles. The number of aryl methyl sites for hydroxylation is 2. The van der Waals surface area contributed by atoms with Crippen molar-refractivity contribution >= 4 is 17.8 Å². The summed E-state index contributed by atoms with van der Waals surface area (Å²) in [6, 6.07) is 10.1. The van der Waals surface area contributed by atoms with E-state index in [1.54, 1.807) is 0 Å². The number of aromatic amines is 1. The number of amides is 2. The van der Waals surface area contributed by atoms with Gasteiger partial charge in [0.25, 0.3) is 5.95 Å². The molecule has 25 heavy (non-hydrogen) atoms. The third-order valence-electron chi connectivity index (χ3n) is 5.68. The van der Waals surface area contributed by atoms with E-state index in [2.05, 4.69) is 39.5 Å². The second-order valence-corrected chi connectivity index (χ2v) is 7.08. The fourth-order valence-corrected chi connectivity index (χ4v) is 4.50. The van der Waals surface area contributed by atoms with Crippen molar-refractivity contribution < 1.29 is 9.59 Å². The molecule has 1 N–H and O–H groups in total. The highest BCUT2D eigenvalue weighted by molar-refractivity contribution is 6.21. The lowest BCUT2D eigenvalue weighted by Crippen LogP contribution is -2.33. The molecule has 1 aromatic carbocycles. The molecule has 4 atom stereocenters. The number of imide groups is 1. The molecule has 0 unspecified atom stereocenters. The van der Waals surface area contributed by atoms with Crippen LogP contribution in [-0.4, -0.2) is 27.0 Å². The molecule has 126 valence electrons. The van der Waals surface area contributed by atoms with Gasteiger partial charge in [-0.2, -0.15) is 4.98 Å². The van der Waals surface area contributed by atoms with Gasteiger partial charge in [0.2, 0.25) is 11.8 Å². The summed E-state index contributed by atoms with van der Waals surface area (Å²) in [5.74, 6) is 0.591. The number of rotatable bonds is 4. The molecule has 1 saturated carbocycles. The van der Waals surface area contributed by atoms with Crippen LogP contribution < -0.4 is 4.90 Å². The maximum absolute atomic E-state index is 12.8. The second kappa shape index (κ2) is 5.37. The normalized spacial score (nSPS) is 29.7. The largest absolute Gasteiger partial charge is 0.274 e. The van der Waals surface area contributed by atoms with Gasteiger partial charge in [0, 0.05) is 6.42 Å². The number of carbonyl (C=O) groups is 2. The van der Waals surface area contributed by atoms with E-state index in [1.165, 1.54) is 10.5 Å². The first-order valence-electron chi connectivity index (χ1n) is 8.74. The van der Waals surface area contributed by atoms with Crippen molar-refractivity contribution in [2.75, 3.05) is 4.90 Å². The van der Waals surface area contributed by atoms with Gasteiger partial charge < -0.3 is 0 Å². The Labute approximate surface area is 144 Å². The topological polar surface area (TPSA) is 79.0 Å². The number of fused-ring (bicyclic) bond motifs is 5. The number of H-pyrrole nitrogens is 1. The van der Waals surface area contributed by atoms with Crippen molar-refractivity contribution in [2.24, 2.45) is 23.7 Å². The van der Waals surface area contributed by atoms with Gasteiger partial charge in [-0.25, -0.2) is 4.90 Å². The summed E-state index contributed by atoms with van der Waals surface area (Å²) in [7, 11) is 0. The number of hydrogen-bond donors (Lipinski definition) is 1. The van der Waals surface area contributed by atoms with Gasteiger partial charge in [-0.3, -0.25) is 14.7 Å². The summed E-state index contributed by atoms with van der Waals surface area (Å²) in [6.07, 6.45) is 6.62. The van der Waals surface area contributed by atoms with Gasteiger partial charge in [-0.05, 0) is 30.2 Å². The molecule has 1 aliphatic heterocycles. The molecule has 6 heteroatoms. The zero-order chi connectivity index (χ0) is 17.0. The molecule has 2 bridgehead atoms. The molecule has 3 aliphatic rings. The number of allylic oxidation sites excluding steroid dienone is 2. The minimum absolute atomic E-state index is 0.138. The van der Waals surface area contributed by atoms with E-state index in [4.69, 9.17) is 0 Å². The van der Waals surface area contributed by atoms with Crippen LogP contribution in [0.5, 0.6) is 0 Å². The number of benzene rings is 1. The van der Waals surface area contributed by atoms with Crippen molar-refractivity contribution in [3.05, 3.63) is 53.9 Å². The van der Waals surface area contributed by atoms with Gasteiger partial charge in [0.15, 0.2) is 0 Å². The number of hydrogen-bond acceptors (Lipinski definition) is 4. The van der Waals surface area contributed by atoms with E-state index >= 15 is 0 Å². The maximum Gasteiger partial charge on any atom is 0.258 e. The second-order valence-electron chi connectivity index (χ2n) is 7.08. The van der Waals surface area contributed by atoms with Crippen LogP contribution in [0.4, 0.5) is 5.95 Å². The van der Waals surface area contributed by atoms with Gasteiger partial charge in [-0.15, -0.1) is 5.10 Å². The molecular weight excluding hydrogens is 316 g/mol. The van der Waals surface area contributed by atoms with Crippen molar-refractivity contribution in [1.29, 1.82) is 0 Å². The number of carbonyl (C=O) groups excluding carboxylic acids is 2. The average molecular weight is 334 g/mol. The Morgan fingerprint density at radius 3 is 2.36 bits per heavy atom. The third kappa shape index (κ3) is 2.17. The van der Waals surface area contributed by atoms with Crippen LogP contribution in [-0.2, 0) is 22.4 Å². The molecule has 1 saturated heterocycles. The van der Waals surface area contributed by atoms with Crippen molar-refractivity contribution in [3.63, 3.8) is 0 Å². The number of aromatic nitrogens is 3. The van der Waals surface area contributed by atoms with Gasteiger partial charge in [-0.1, -0.05) is 42.5 Å². The summed E-state index contributed by atoms with van der Waals surface area (Å²) >= 11 is 0. The van der Waals surface area contributed by atoms with E-state index in [9.17, 15) is 9.59 Å². The first-order valence-corrected chi connectivity index (χ1v) is 8.74. The van der Waals surface area contributed by atoms with E-state index < -0.39 is 0 Å². The first kappa shape index (κ1) is 14.6. The predicted molar refractivity (Wildman–Crippen MR) is 90.4 cm³/mol. The highest BCUT2D eigenvalue weighted by atomic mass is 16.2. The lowest BCUT2D eigenvalue weighted by molar-refractivity contribution is -0.123. The summed E-state index contributed by atoms with van der Waals surface area (Å²) in [6.45, 7) is 0. The monoisotopic (exact) mass is 334 g/mol. The Bertz CT molecular complexity index is 843. The van der Waals surface area contributed by atoms with Crippen LogP contribution in [0.3, 0.4) is 0 Å². The summed E-state index contributed by atoms with van der Waals surface area (Å²) in [4.78, 5) is 31.1. The standard InChI is InChI=1S/C19H18N4O2/c24-17-15-12-7-8-13(10-12)16(15)18(25)23(17)19-20-14(21-22-19)9-6-11-4-2-1-3-5-11/h1-5,7-8,12-13,15-16H,6,9-10H2,(H,20,21,22)/t12-,13-,15-,16+/m1/s1. The van der Waals surface area contributed by atoms with Crippen LogP contribution in [0.25, 0.3) is 0 Å². The molecule has 0 spiro atoms. The molecule has 6 nitrogen and oxygen atoms in total. The molecule has 1 aromatic heterocycles. The molecular formula is C19H18N4O2. The molecule has 5 rings (SSSR count). The van der Waals surface area contributed by atoms with E-state index in [1.807, 2.05) is 18.2 Å². The number of anilines is 1. The van der Waals surface area contributed by atoms with Crippen molar-refractivity contribution in [2.45, 2.75) is 19.3 Å². The predicted octanol–water partition coefficient (Wildman–Crippen LogP) is 1.90. The Balaban J connectivity index is 1.34. The SMILES string of the molecule is O=C1[C@@H]2[C@H](C(=O)N1c1n[nH]c(CCc3ccccc3)n1)[C@@H]1C=C[C@@H]2C1. The summed E-state index contributed by atoms with van der Waals surface area (Å²) < 4.78 is 0. The van der Waals surface area contributed by atoms with E-state index in [0.29, 0.717) is 12.2 Å². The fraction of sp³-hybridized carbons (Fsp3) is 0.368. The Morgan fingerprint density at radius 2 is 1.68 bits per heavy atom. The van der Waals surface area contributed by atoms with Gasteiger partial charge >= 0.3 is 0 Å². The fourth-order valence-electron chi connectivity index (χ4n) is 4.50. The minimum Gasteiger partial charge on any atom is -0.274 e. The van der Waals surface area contributed by atoms with Crippen molar-refractivity contribution in [1.82, 2.24) is 15.2 Å². The summed E-state index contributed by atoms with van der Waals surface area (Å²) in [5.41, 5.74) is 1.21. The lowest BCUT2D eigenvalue weighted by Gasteiger charge is -2.14. The highest BCUT2D eigenvalue weighted by Gasteiger charge is 2.60. The van der Waals surface area contributed by atoms with Crippen LogP contribution >= 0.6 is 0 Å². The molecule has 2 amide bonds. The van der Waals surface area contributed by atoms with Crippen LogP contribution in [0, 0.1) is 23.7 Å². The third-order valence-corrected chi connectivity index (χ3v) is 5.68. The highest BCUT2D eigenvalue weighted by Crippen LogP contribution is 2.52. The van der Waals surface area contributed by atoms with E-state index in [0.717, 1.165) is 12.8 Å². The summed E-state index contributed by atoms with van der Waals surface area (Å²) in [5, 5.41) is 7.01. The van der Waals surface area contributed by atoms with Crippen LogP contribution in [0.15, 0.2) is 42.5 Å². The van der Waals surface area contributed by atoms with Crippen LogP contribution in [0.2, 0.25) is 0 Å². The Hall–Kier alpha value is -2.76. The smallest absolute Gasteiger partial charge is 0.258 e. The number of nitrogens with one attached hydrogen (secondary N) is 1. The maximum atomic E-state index is 12.8. The van der Waals surface area contributed by atoms with Crippen molar-refractivity contribution in [3.8, 4) is 0 Å². The van der Waals surface area contributed by atoms with Gasteiger partial charge in [0.05, 0.1) is 11.8 Å². The Morgan fingerprint density at radius 1 is 1.00 bits per heavy atom.